The van der Waals surface area contributed by atoms with Crippen molar-refractivity contribution in [3.8, 4) is 0 Å². The lowest BCUT2D eigenvalue weighted by atomic mass is 9.94. The van der Waals surface area contributed by atoms with E-state index in [0.717, 1.165) is 0 Å². The first-order valence-corrected chi connectivity index (χ1v) is 3.33. The molecule has 58 valence electrons. The Morgan fingerprint density at radius 1 is 1.40 bits per heavy atom. The maximum absolute atomic E-state index is 8.45. The Hall–Kier alpha value is -0.570. The highest BCUT2D eigenvalue weighted by atomic mass is 16.6. The van der Waals surface area contributed by atoms with Crippen LogP contribution in [0, 0.1) is 0 Å². The quantitative estimate of drug-likeness (QED) is 0.261. The smallest absolute Gasteiger partial charge is 0.135 e. The van der Waals surface area contributed by atoms with E-state index in [9.17, 15) is 0 Å². The van der Waals surface area contributed by atoms with Crippen molar-refractivity contribution in [2.24, 2.45) is 5.16 Å². The van der Waals surface area contributed by atoms with Crippen LogP contribution in [0.4, 0.5) is 0 Å². The second kappa shape index (κ2) is 1.72. The van der Waals surface area contributed by atoms with Crippen LogP contribution in [0.15, 0.2) is 5.16 Å². The van der Waals surface area contributed by atoms with Gasteiger partial charge in [0.2, 0.25) is 0 Å². The van der Waals surface area contributed by atoms with Crippen LogP contribution in [-0.4, -0.2) is 22.1 Å². The molecule has 1 heterocycles. The van der Waals surface area contributed by atoms with Crippen molar-refractivity contribution in [3.05, 3.63) is 0 Å². The summed E-state index contributed by atoms with van der Waals surface area (Å²) in [5.74, 6) is 0. The Morgan fingerprint density at radius 3 is 1.90 bits per heavy atom. The molecule has 0 aromatic carbocycles. The highest BCUT2D eigenvalue weighted by molar-refractivity contribution is 5.93. The zero-order chi connectivity index (χ0) is 7.99. The van der Waals surface area contributed by atoms with E-state index in [2.05, 4.69) is 5.16 Å². The molecule has 0 aromatic rings. The first-order chi connectivity index (χ1) is 4.44. The monoisotopic (exact) mass is 143 g/mol. The number of hydrogen-bond donors (Lipinski definition) is 1. The van der Waals surface area contributed by atoms with Gasteiger partial charge in [-0.1, -0.05) is 5.16 Å². The minimum Gasteiger partial charge on any atom is -0.411 e. The average molecular weight is 143 g/mol. The first kappa shape index (κ1) is 7.54. The molecule has 1 saturated heterocycles. The SMILES string of the molecule is C/C(=N/O)C1(C)OC1(C)C. The highest BCUT2D eigenvalue weighted by Gasteiger charge is 2.62. The number of hydrogen-bond acceptors (Lipinski definition) is 3. The molecule has 3 nitrogen and oxygen atoms in total. The summed E-state index contributed by atoms with van der Waals surface area (Å²) < 4.78 is 5.35. The van der Waals surface area contributed by atoms with E-state index in [1.165, 1.54) is 0 Å². The average Bonchev–Trinajstić information content (AvgIpc) is 2.32. The lowest BCUT2D eigenvalue weighted by molar-refractivity contribution is 0.295. The fraction of sp³-hybridized carbons (Fsp3) is 0.857. The number of ether oxygens (including phenoxy) is 1. The van der Waals surface area contributed by atoms with Crippen LogP contribution in [0.5, 0.6) is 0 Å². The Kier molecular flexibility index (Phi) is 1.30. The van der Waals surface area contributed by atoms with Crippen molar-refractivity contribution < 1.29 is 9.94 Å². The summed E-state index contributed by atoms with van der Waals surface area (Å²) in [6.07, 6.45) is 0. The van der Waals surface area contributed by atoms with E-state index in [1.54, 1.807) is 6.92 Å². The van der Waals surface area contributed by atoms with Crippen LogP contribution in [0.25, 0.3) is 0 Å². The van der Waals surface area contributed by atoms with Crippen molar-refractivity contribution in [1.29, 1.82) is 0 Å². The molecule has 1 rings (SSSR count). The van der Waals surface area contributed by atoms with E-state index in [4.69, 9.17) is 9.94 Å². The van der Waals surface area contributed by atoms with Crippen LogP contribution >= 0.6 is 0 Å². The van der Waals surface area contributed by atoms with Crippen LogP contribution in [0.1, 0.15) is 27.7 Å². The highest BCUT2D eigenvalue weighted by Crippen LogP contribution is 2.47. The molecule has 0 spiro atoms. The zero-order valence-electron chi connectivity index (χ0n) is 6.80. The van der Waals surface area contributed by atoms with Crippen LogP contribution in [-0.2, 0) is 4.74 Å². The molecule has 1 aliphatic rings. The summed E-state index contributed by atoms with van der Waals surface area (Å²) in [5, 5.41) is 11.6. The maximum Gasteiger partial charge on any atom is 0.135 e. The molecule has 1 unspecified atom stereocenters. The van der Waals surface area contributed by atoms with Crippen LogP contribution < -0.4 is 0 Å². The van der Waals surface area contributed by atoms with Crippen molar-refractivity contribution >= 4 is 5.71 Å². The topological polar surface area (TPSA) is 45.1 Å². The van der Waals surface area contributed by atoms with E-state index < -0.39 is 0 Å². The van der Waals surface area contributed by atoms with Crippen LogP contribution in [0.3, 0.4) is 0 Å². The van der Waals surface area contributed by atoms with Crippen molar-refractivity contribution in [2.45, 2.75) is 38.9 Å². The molecule has 0 aromatic heterocycles. The molecule has 1 N–H and O–H groups in total. The van der Waals surface area contributed by atoms with Gasteiger partial charge in [-0.15, -0.1) is 0 Å². The van der Waals surface area contributed by atoms with E-state index in [1.807, 2.05) is 20.8 Å². The van der Waals surface area contributed by atoms with E-state index in [0.29, 0.717) is 5.71 Å². The van der Waals surface area contributed by atoms with Gasteiger partial charge in [0.25, 0.3) is 0 Å². The van der Waals surface area contributed by atoms with Crippen molar-refractivity contribution in [2.75, 3.05) is 0 Å². The van der Waals surface area contributed by atoms with E-state index >= 15 is 0 Å². The number of rotatable bonds is 1. The molecule has 1 fully saturated rings. The lowest BCUT2D eigenvalue weighted by Crippen LogP contribution is -2.25. The molecule has 10 heavy (non-hydrogen) atoms. The summed E-state index contributed by atoms with van der Waals surface area (Å²) in [7, 11) is 0. The Labute approximate surface area is 60.7 Å². The second-order valence-corrected chi connectivity index (χ2v) is 3.33. The fourth-order valence-electron chi connectivity index (χ4n) is 1.09. The Balaban J connectivity index is 2.78. The van der Waals surface area contributed by atoms with Gasteiger partial charge in [-0.05, 0) is 27.7 Å². The summed E-state index contributed by atoms with van der Waals surface area (Å²) in [4.78, 5) is 0. The second-order valence-electron chi connectivity index (χ2n) is 3.33. The number of epoxide rings is 1. The summed E-state index contributed by atoms with van der Waals surface area (Å²) >= 11 is 0. The molecule has 0 radical (unpaired) electrons. The van der Waals surface area contributed by atoms with Crippen molar-refractivity contribution in [1.82, 2.24) is 0 Å². The van der Waals surface area contributed by atoms with Crippen LogP contribution in [0.2, 0.25) is 0 Å². The summed E-state index contributed by atoms with van der Waals surface area (Å²) in [6, 6.07) is 0. The lowest BCUT2D eigenvalue weighted by Gasteiger charge is -2.04. The Morgan fingerprint density at radius 2 is 1.80 bits per heavy atom. The molecular formula is C7H13NO2. The first-order valence-electron chi connectivity index (χ1n) is 3.33. The van der Waals surface area contributed by atoms with E-state index in [-0.39, 0.29) is 11.2 Å². The molecular weight excluding hydrogens is 130 g/mol. The van der Waals surface area contributed by atoms with Gasteiger partial charge in [-0.2, -0.15) is 0 Å². The predicted molar refractivity (Wildman–Crippen MR) is 38.5 cm³/mol. The van der Waals surface area contributed by atoms with Gasteiger partial charge >= 0.3 is 0 Å². The standard InChI is InChI=1S/C7H13NO2/c1-5(8-9)7(4)6(2,3)10-7/h9H,1-4H3/b8-5-. The third-order valence-corrected chi connectivity index (χ3v) is 2.41. The van der Waals surface area contributed by atoms with Gasteiger partial charge in [0.05, 0.1) is 11.3 Å². The van der Waals surface area contributed by atoms with Gasteiger partial charge in [-0.3, -0.25) is 0 Å². The molecule has 3 heteroatoms. The molecule has 1 atom stereocenters. The van der Waals surface area contributed by atoms with Gasteiger partial charge in [0.1, 0.15) is 5.60 Å². The normalized spacial score (nSPS) is 37.8. The van der Waals surface area contributed by atoms with Gasteiger partial charge < -0.3 is 9.94 Å². The summed E-state index contributed by atoms with van der Waals surface area (Å²) in [5.41, 5.74) is 0.128. The molecule has 0 amide bonds. The molecule has 0 saturated carbocycles. The summed E-state index contributed by atoms with van der Waals surface area (Å²) in [6.45, 7) is 7.63. The Bertz CT molecular complexity index is 186. The molecule has 0 bridgehead atoms. The van der Waals surface area contributed by atoms with Gasteiger partial charge in [-0.25, -0.2) is 0 Å². The molecule has 0 aliphatic carbocycles. The third-order valence-electron chi connectivity index (χ3n) is 2.41. The number of oxime groups is 1. The maximum atomic E-state index is 8.45. The van der Waals surface area contributed by atoms with Gasteiger partial charge in [0.15, 0.2) is 0 Å². The predicted octanol–water partition coefficient (Wildman–Crippen LogP) is 1.40. The fourth-order valence-corrected chi connectivity index (χ4v) is 1.09. The minimum absolute atomic E-state index is 0.163. The number of nitrogens with zero attached hydrogens (tertiary/aromatic N) is 1. The zero-order valence-corrected chi connectivity index (χ0v) is 6.80. The van der Waals surface area contributed by atoms with Crippen molar-refractivity contribution in [3.63, 3.8) is 0 Å². The largest absolute Gasteiger partial charge is 0.411 e. The third kappa shape index (κ3) is 0.736. The minimum atomic E-state index is -0.345. The van der Waals surface area contributed by atoms with Gasteiger partial charge in [0, 0.05) is 0 Å². The molecule has 1 aliphatic heterocycles.